The van der Waals surface area contributed by atoms with E-state index < -0.39 is 11.4 Å². The molecule has 29 heavy (non-hydrogen) atoms. The third-order valence-corrected chi connectivity index (χ3v) is 6.51. The summed E-state index contributed by atoms with van der Waals surface area (Å²) in [6, 6.07) is 8.38. The van der Waals surface area contributed by atoms with Gasteiger partial charge in [-0.2, -0.15) is 0 Å². The minimum atomic E-state index is -1.03. The van der Waals surface area contributed by atoms with Gasteiger partial charge in [0.1, 0.15) is 17.2 Å². The van der Waals surface area contributed by atoms with E-state index in [4.69, 9.17) is 4.74 Å². The topological polar surface area (TPSA) is 75.9 Å². The molecule has 0 radical (unpaired) electrons. The number of nitrogens with zero attached hydrogens (tertiary/aromatic N) is 2. The highest BCUT2D eigenvalue weighted by atomic mass is 32.1. The van der Waals surface area contributed by atoms with Crippen LogP contribution in [0.3, 0.4) is 0 Å². The largest absolute Gasteiger partial charge is 0.496 e. The minimum Gasteiger partial charge on any atom is -0.496 e. The van der Waals surface area contributed by atoms with Crippen LogP contribution in [0.25, 0.3) is 26.4 Å². The third-order valence-electron chi connectivity index (χ3n) is 5.49. The van der Waals surface area contributed by atoms with Crippen molar-refractivity contribution in [2.24, 2.45) is 0 Å². The number of aldehydes is 1. The Kier molecular flexibility index (Phi) is 4.16. The number of hydrogen-bond acceptors (Lipinski definition) is 6. The summed E-state index contributed by atoms with van der Waals surface area (Å²) >= 11 is 1.42. The molecule has 2 aromatic heterocycles. The van der Waals surface area contributed by atoms with E-state index in [9.17, 15) is 14.3 Å². The predicted molar refractivity (Wildman–Crippen MR) is 109 cm³/mol. The van der Waals surface area contributed by atoms with Gasteiger partial charge in [-0.3, -0.25) is 9.20 Å². The van der Waals surface area contributed by atoms with Gasteiger partial charge in [-0.1, -0.05) is 17.4 Å². The number of halogens is 1. The van der Waals surface area contributed by atoms with Crippen molar-refractivity contribution >= 4 is 32.8 Å². The smallest absolute Gasteiger partial charge is 0.195 e. The number of imidazole rings is 1. The van der Waals surface area contributed by atoms with Crippen LogP contribution < -0.4 is 10.1 Å². The Labute approximate surface area is 169 Å². The highest BCUT2D eigenvalue weighted by molar-refractivity contribution is 7.23. The molecule has 0 saturated carbocycles. The molecule has 0 amide bonds. The maximum Gasteiger partial charge on any atom is 0.195 e. The van der Waals surface area contributed by atoms with E-state index in [0.29, 0.717) is 52.6 Å². The first-order valence-electron chi connectivity index (χ1n) is 9.21. The quantitative estimate of drug-likeness (QED) is 0.504. The Morgan fingerprint density at radius 1 is 1.38 bits per heavy atom. The van der Waals surface area contributed by atoms with Crippen LogP contribution in [0.4, 0.5) is 4.39 Å². The number of ether oxygens (including phenoxy) is 1. The molecule has 1 unspecified atom stereocenters. The maximum atomic E-state index is 14.9. The Hall–Kier alpha value is -2.81. The first-order valence-corrected chi connectivity index (χ1v) is 10.0. The van der Waals surface area contributed by atoms with Crippen LogP contribution in [0.2, 0.25) is 0 Å². The molecule has 2 aromatic carbocycles. The third kappa shape index (κ3) is 2.83. The van der Waals surface area contributed by atoms with Gasteiger partial charge in [-0.05, 0) is 36.7 Å². The molecule has 1 aliphatic heterocycles. The highest BCUT2D eigenvalue weighted by Gasteiger charge is 2.33. The van der Waals surface area contributed by atoms with Crippen LogP contribution in [0.15, 0.2) is 36.5 Å². The molecule has 1 saturated heterocycles. The van der Waals surface area contributed by atoms with Crippen molar-refractivity contribution in [3.8, 4) is 17.0 Å². The Morgan fingerprint density at radius 3 is 2.93 bits per heavy atom. The summed E-state index contributed by atoms with van der Waals surface area (Å²) < 4.78 is 23.0. The fourth-order valence-electron chi connectivity index (χ4n) is 3.88. The molecule has 5 rings (SSSR count). The molecule has 0 bridgehead atoms. The number of methoxy groups -OCH3 is 1. The van der Waals surface area contributed by atoms with E-state index in [-0.39, 0.29) is 0 Å². The maximum absolute atomic E-state index is 14.9. The number of β-amino-alcohol motifs (C(OH)–C–C–N with tert-alkyl or cyclic N) is 1. The molecule has 148 valence electrons. The van der Waals surface area contributed by atoms with Crippen molar-refractivity contribution in [3.63, 3.8) is 0 Å². The summed E-state index contributed by atoms with van der Waals surface area (Å²) in [5, 5.41) is 13.8. The predicted octanol–water partition coefficient (Wildman–Crippen LogP) is 3.36. The van der Waals surface area contributed by atoms with Gasteiger partial charge in [0.05, 0.1) is 28.6 Å². The van der Waals surface area contributed by atoms with E-state index >= 15 is 0 Å². The molecule has 6 nitrogen and oxygen atoms in total. The molecule has 4 aromatic rings. The van der Waals surface area contributed by atoms with Gasteiger partial charge in [0, 0.05) is 24.4 Å². The zero-order chi connectivity index (χ0) is 20.2. The average molecular weight is 411 g/mol. The summed E-state index contributed by atoms with van der Waals surface area (Å²) in [4.78, 5) is 16.5. The normalized spacial score (nSPS) is 19.3. The molecule has 1 atom stereocenters. The monoisotopic (exact) mass is 411 g/mol. The number of nitrogens with one attached hydrogen (secondary N) is 1. The van der Waals surface area contributed by atoms with Crippen molar-refractivity contribution in [1.29, 1.82) is 0 Å². The molecule has 0 aliphatic carbocycles. The van der Waals surface area contributed by atoms with Gasteiger partial charge in [-0.25, -0.2) is 9.37 Å². The summed E-state index contributed by atoms with van der Waals surface area (Å²) in [6.45, 7) is 1.13. The van der Waals surface area contributed by atoms with Crippen LogP contribution in [-0.4, -0.2) is 41.0 Å². The first kappa shape index (κ1) is 18.2. The molecular weight excluding hydrogens is 393 g/mol. The number of carbonyl (C=O) groups excluding carboxylic acids is 1. The molecule has 8 heteroatoms. The van der Waals surface area contributed by atoms with Crippen molar-refractivity contribution in [3.05, 3.63) is 53.5 Å². The lowest BCUT2D eigenvalue weighted by Crippen LogP contribution is -2.28. The molecule has 1 aliphatic rings. The summed E-state index contributed by atoms with van der Waals surface area (Å²) in [7, 11) is 1.52. The highest BCUT2D eigenvalue weighted by Crippen LogP contribution is 2.35. The van der Waals surface area contributed by atoms with E-state index in [0.717, 1.165) is 16.5 Å². The second-order valence-corrected chi connectivity index (χ2v) is 8.22. The lowest BCUT2D eigenvalue weighted by atomic mass is 9.92. The van der Waals surface area contributed by atoms with Crippen LogP contribution in [0.1, 0.15) is 22.3 Å². The van der Waals surface area contributed by atoms with Crippen LogP contribution in [-0.2, 0) is 5.60 Å². The zero-order valence-electron chi connectivity index (χ0n) is 15.6. The number of aliphatic hydroxyl groups is 1. The first-order chi connectivity index (χ1) is 14.0. The molecule has 3 heterocycles. The number of fused-ring (bicyclic) bond motifs is 3. The SMILES string of the molecule is COc1cc2c(cc1C=O)sc1nc(-c3ccc(C4(O)CCNC4)cc3F)cn12. The molecule has 2 N–H and O–H groups in total. The van der Waals surface area contributed by atoms with E-state index in [1.807, 2.05) is 4.40 Å². The lowest BCUT2D eigenvalue weighted by Gasteiger charge is -2.22. The van der Waals surface area contributed by atoms with Crippen LogP contribution in [0, 0.1) is 5.82 Å². The number of rotatable bonds is 4. The Bertz CT molecular complexity index is 1260. The van der Waals surface area contributed by atoms with Gasteiger partial charge in [-0.15, -0.1) is 0 Å². The van der Waals surface area contributed by atoms with Crippen LogP contribution in [0.5, 0.6) is 5.75 Å². The lowest BCUT2D eigenvalue weighted by molar-refractivity contribution is 0.0584. The second kappa shape index (κ2) is 6.62. The van der Waals surface area contributed by atoms with Gasteiger partial charge in [0.2, 0.25) is 0 Å². The Morgan fingerprint density at radius 2 is 2.24 bits per heavy atom. The zero-order valence-corrected chi connectivity index (χ0v) is 16.4. The average Bonchev–Trinajstić information content (AvgIpc) is 3.41. The van der Waals surface area contributed by atoms with Gasteiger partial charge < -0.3 is 15.2 Å². The molecular formula is C21H18FN3O3S. The van der Waals surface area contributed by atoms with Crippen molar-refractivity contribution in [2.75, 3.05) is 20.2 Å². The Balaban J connectivity index is 1.59. The van der Waals surface area contributed by atoms with E-state index in [1.165, 1.54) is 24.5 Å². The number of benzene rings is 2. The van der Waals surface area contributed by atoms with Gasteiger partial charge in [0.25, 0.3) is 0 Å². The second-order valence-electron chi connectivity index (χ2n) is 7.21. The van der Waals surface area contributed by atoms with Crippen LogP contribution >= 0.6 is 11.3 Å². The molecule has 1 fully saturated rings. The summed E-state index contributed by atoms with van der Waals surface area (Å²) in [5.41, 5.74) is 1.75. The molecule has 0 spiro atoms. The van der Waals surface area contributed by atoms with E-state index in [1.54, 1.807) is 30.5 Å². The standard InChI is InChI=1S/C21H18FN3O3S/c1-28-18-8-17-19(6-12(18)10-26)29-20-24-16(9-25(17)20)14-3-2-13(7-15(14)22)21(27)4-5-23-11-21/h2-3,6-10,23,27H,4-5,11H2,1H3. The van der Waals surface area contributed by atoms with Gasteiger partial charge >= 0.3 is 0 Å². The number of hydrogen-bond donors (Lipinski definition) is 2. The summed E-state index contributed by atoms with van der Waals surface area (Å²) in [5.74, 6) is 0.0649. The van der Waals surface area contributed by atoms with Gasteiger partial charge in [0.15, 0.2) is 11.2 Å². The van der Waals surface area contributed by atoms with E-state index in [2.05, 4.69) is 10.3 Å². The number of carbonyl (C=O) groups is 1. The fraction of sp³-hybridized carbons (Fsp3) is 0.238. The fourth-order valence-corrected chi connectivity index (χ4v) is 4.92. The van der Waals surface area contributed by atoms with Crippen molar-refractivity contribution < 1.29 is 19.0 Å². The minimum absolute atomic E-state index is 0.379. The number of thiazole rings is 1. The van der Waals surface area contributed by atoms with Crippen molar-refractivity contribution in [2.45, 2.75) is 12.0 Å². The van der Waals surface area contributed by atoms with Crippen molar-refractivity contribution in [1.82, 2.24) is 14.7 Å². The number of aromatic nitrogens is 2. The summed E-state index contributed by atoms with van der Waals surface area (Å²) in [6.07, 6.45) is 3.09.